The Labute approximate surface area is 254 Å². The third kappa shape index (κ3) is 8.03. The van der Waals surface area contributed by atoms with Crippen LogP contribution in [-0.4, -0.2) is 25.8 Å². The molecule has 0 aliphatic carbocycles. The molecule has 7 heteroatoms. The number of rotatable bonds is 13. The van der Waals surface area contributed by atoms with Gasteiger partial charge < -0.3 is 14.4 Å². The molecule has 0 spiro atoms. The maximum Gasteiger partial charge on any atom is 0.237 e. The predicted molar refractivity (Wildman–Crippen MR) is 173 cm³/mol. The molecule has 2 aromatic rings. The van der Waals surface area contributed by atoms with Gasteiger partial charge in [0.1, 0.15) is 23.5 Å². The lowest BCUT2D eigenvalue weighted by Gasteiger charge is -2.25. The number of nitrogens with zero attached hydrogens (tertiary/aromatic N) is 4. The molecule has 0 bridgehead atoms. The van der Waals surface area contributed by atoms with E-state index in [0.717, 1.165) is 34.2 Å². The molecule has 0 saturated heterocycles. The number of hydrogen-bond donors (Lipinski definition) is 0. The van der Waals surface area contributed by atoms with Crippen LogP contribution in [-0.2, 0) is 4.74 Å². The highest BCUT2D eigenvalue weighted by molar-refractivity contribution is 7.13. The summed E-state index contributed by atoms with van der Waals surface area (Å²) >= 11 is 1.67. The summed E-state index contributed by atoms with van der Waals surface area (Å²) < 4.78 is 11.6. The molecule has 1 aromatic heterocycles. The molecule has 0 unspecified atom stereocenters. The summed E-state index contributed by atoms with van der Waals surface area (Å²) in [6, 6.07) is 14.2. The van der Waals surface area contributed by atoms with Crippen molar-refractivity contribution in [3.63, 3.8) is 0 Å². The minimum absolute atomic E-state index is 0.0508. The molecule has 216 valence electrons. The minimum atomic E-state index is -0.817. The molecule has 1 aliphatic rings. The Morgan fingerprint density at radius 2 is 1.64 bits per heavy atom. The first kappa shape index (κ1) is 32.0. The number of nitriles is 2. The van der Waals surface area contributed by atoms with Crippen molar-refractivity contribution < 1.29 is 9.47 Å². The van der Waals surface area contributed by atoms with Crippen LogP contribution in [0.2, 0.25) is 0 Å². The van der Waals surface area contributed by atoms with Crippen LogP contribution in [0.3, 0.4) is 0 Å². The fourth-order valence-corrected chi connectivity index (χ4v) is 5.40. The third-order valence-electron chi connectivity index (χ3n) is 6.89. The van der Waals surface area contributed by atoms with Crippen molar-refractivity contribution in [3.05, 3.63) is 97.9 Å². The maximum atomic E-state index is 9.23. The molecule has 42 heavy (non-hydrogen) atoms. The first-order chi connectivity index (χ1) is 20.3. The molecule has 0 radical (unpaired) electrons. The van der Waals surface area contributed by atoms with E-state index in [-0.39, 0.29) is 17.0 Å². The van der Waals surface area contributed by atoms with Crippen molar-refractivity contribution in [1.29, 1.82) is 10.5 Å². The van der Waals surface area contributed by atoms with Crippen LogP contribution in [0.4, 0.5) is 5.69 Å². The van der Waals surface area contributed by atoms with Gasteiger partial charge in [-0.05, 0) is 69.2 Å². The Kier molecular flexibility index (Phi) is 11.8. The summed E-state index contributed by atoms with van der Waals surface area (Å²) in [6.07, 6.45) is 16.5. The highest BCUT2D eigenvalue weighted by atomic mass is 32.1. The van der Waals surface area contributed by atoms with Crippen molar-refractivity contribution in [3.8, 4) is 17.9 Å². The lowest BCUT2D eigenvalue weighted by Crippen LogP contribution is -2.25. The molecule has 0 amide bonds. The average molecular weight is 579 g/mol. The van der Waals surface area contributed by atoms with Crippen molar-refractivity contribution >= 4 is 35.3 Å². The van der Waals surface area contributed by atoms with Gasteiger partial charge in [-0.25, -0.2) is 4.85 Å². The minimum Gasteiger partial charge on any atom is -0.496 e. The number of methoxy groups -OCH3 is 1. The number of unbranched alkanes of at least 4 members (excludes halogenated alkanes) is 2. The molecule has 1 aromatic carbocycles. The van der Waals surface area contributed by atoms with Crippen LogP contribution in [0.15, 0.2) is 71.2 Å². The number of thiophene rings is 1. The van der Waals surface area contributed by atoms with Crippen LogP contribution in [0.25, 0.3) is 23.1 Å². The summed E-state index contributed by atoms with van der Waals surface area (Å²) in [5, 5.41) is 18.5. The normalized spacial score (nSPS) is 14.3. The summed E-state index contributed by atoms with van der Waals surface area (Å²) in [5.41, 5.74) is 2.06. The van der Waals surface area contributed by atoms with E-state index in [4.69, 9.17) is 16.0 Å². The Balaban J connectivity index is 1.74. The van der Waals surface area contributed by atoms with E-state index in [1.54, 1.807) is 24.5 Å². The monoisotopic (exact) mass is 578 g/mol. The lowest BCUT2D eigenvalue weighted by atomic mass is 9.97. The molecule has 3 rings (SSSR count). The summed E-state index contributed by atoms with van der Waals surface area (Å²) in [6.45, 7) is 17.8. The van der Waals surface area contributed by atoms with Gasteiger partial charge in [0.2, 0.25) is 5.70 Å². The number of hydrogen-bond acceptors (Lipinski definition) is 6. The lowest BCUT2D eigenvalue weighted by molar-refractivity contribution is 0.0953. The quantitative estimate of drug-likeness (QED) is 0.135. The second kappa shape index (κ2) is 15.5. The van der Waals surface area contributed by atoms with Crippen LogP contribution >= 0.6 is 11.3 Å². The Morgan fingerprint density at radius 1 is 1.00 bits per heavy atom. The Morgan fingerprint density at radius 3 is 2.24 bits per heavy atom. The topological polar surface area (TPSA) is 73.6 Å². The van der Waals surface area contributed by atoms with Gasteiger partial charge in [0, 0.05) is 45.7 Å². The largest absolute Gasteiger partial charge is 0.496 e. The zero-order valence-corrected chi connectivity index (χ0v) is 25.9. The molecule has 1 aliphatic heterocycles. The van der Waals surface area contributed by atoms with Crippen molar-refractivity contribution in [2.45, 2.75) is 59.0 Å². The molecule has 6 nitrogen and oxygen atoms in total. The van der Waals surface area contributed by atoms with Crippen molar-refractivity contribution in [1.82, 2.24) is 0 Å². The van der Waals surface area contributed by atoms with Gasteiger partial charge in [0.05, 0.1) is 13.7 Å². The van der Waals surface area contributed by atoms with Gasteiger partial charge in [-0.15, -0.1) is 11.3 Å². The van der Waals surface area contributed by atoms with E-state index in [2.05, 4.69) is 66.1 Å². The highest BCUT2D eigenvalue weighted by Gasteiger charge is 2.38. The summed E-state index contributed by atoms with van der Waals surface area (Å²) in [7, 11) is 1.72. The van der Waals surface area contributed by atoms with Gasteiger partial charge >= 0.3 is 0 Å². The molecule has 0 atom stereocenters. The Hall–Kier alpha value is -4.51. The van der Waals surface area contributed by atoms with Gasteiger partial charge in [-0.2, -0.15) is 10.5 Å². The van der Waals surface area contributed by atoms with E-state index in [0.29, 0.717) is 5.57 Å². The molecular formula is C35H38N4O2S. The Bertz CT molecular complexity index is 1510. The first-order valence-electron chi connectivity index (χ1n) is 14.2. The van der Waals surface area contributed by atoms with Gasteiger partial charge in [-0.1, -0.05) is 44.9 Å². The van der Waals surface area contributed by atoms with Gasteiger partial charge in [-0.3, -0.25) is 0 Å². The zero-order valence-electron chi connectivity index (χ0n) is 25.1. The van der Waals surface area contributed by atoms with Crippen LogP contribution in [0.5, 0.6) is 5.75 Å². The number of allylic oxidation sites excluding steroid dienone is 3. The van der Waals surface area contributed by atoms with E-state index in [9.17, 15) is 10.5 Å². The van der Waals surface area contributed by atoms with E-state index < -0.39 is 5.60 Å². The SMILES string of the molecule is [C-]#[N+]C1=C(/C=C/C=C/c2ccc(/C=C/c3ccc(N(CCCC)CCCC)cc3OC)s2)C(C)(C)OC1=C(C#N)C#N. The van der Waals surface area contributed by atoms with Crippen LogP contribution in [0.1, 0.15) is 68.7 Å². The van der Waals surface area contributed by atoms with Crippen molar-refractivity contribution in [2.24, 2.45) is 0 Å². The van der Waals surface area contributed by atoms with E-state index >= 15 is 0 Å². The number of ether oxygens (including phenoxy) is 2. The average Bonchev–Trinajstić information content (AvgIpc) is 3.55. The maximum absolute atomic E-state index is 9.23. The standard InChI is InChI=1S/C35H38N4O2S/c1-7-9-21-39(22-10-8-2)28-17-15-26(32(23-28)40-6)16-18-30-20-19-29(42-30)13-11-12-14-31-33(38-5)34(27(24-36)25-37)41-35(31,3)4/h11-20,23H,7-10,21-22H2,1-4,6H3/b13-11+,14-12+,18-16+. The van der Waals surface area contributed by atoms with Crippen molar-refractivity contribution in [2.75, 3.05) is 25.1 Å². The molecular weight excluding hydrogens is 540 g/mol. The van der Waals surface area contributed by atoms with E-state index in [1.165, 1.54) is 31.4 Å². The fraction of sp³-hybridized carbons (Fsp3) is 0.343. The first-order valence-corrected chi connectivity index (χ1v) is 15.0. The highest BCUT2D eigenvalue weighted by Crippen LogP contribution is 2.41. The fourth-order valence-electron chi connectivity index (χ4n) is 4.58. The number of anilines is 1. The molecule has 0 fully saturated rings. The number of benzene rings is 1. The zero-order chi connectivity index (χ0) is 30.5. The van der Waals surface area contributed by atoms with Gasteiger partial charge in [0.25, 0.3) is 0 Å². The summed E-state index contributed by atoms with van der Waals surface area (Å²) in [4.78, 5) is 8.22. The second-order valence-electron chi connectivity index (χ2n) is 10.3. The summed E-state index contributed by atoms with van der Waals surface area (Å²) in [5.74, 6) is 0.917. The second-order valence-corrected chi connectivity index (χ2v) is 11.5. The molecule has 0 saturated carbocycles. The van der Waals surface area contributed by atoms with Gasteiger partial charge in [0.15, 0.2) is 11.3 Å². The van der Waals surface area contributed by atoms with E-state index in [1.807, 2.05) is 44.2 Å². The smallest absolute Gasteiger partial charge is 0.237 e. The van der Waals surface area contributed by atoms with Crippen LogP contribution < -0.4 is 9.64 Å². The molecule has 0 N–H and O–H groups in total. The molecule has 2 heterocycles. The predicted octanol–water partition coefficient (Wildman–Crippen LogP) is 9.19. The van der Waals surface area contributed by atoms with Crippen LogP contribution in [0, 0.1) is 29.2 Å². The third-order valence-corrected chi connectivity index (χ3v) is 7.91.